The number of carbonyl (C=O) groups is 1. The molecule has 7 heteroatoms. The minimum Gasteiger partial charge on any atom is -0.497 e. The number of rotatable bonds is 4. The Balaban J connectivity index is 1.44. The zero-order chi connectivity index (χ0) is 18.3. The third-order valence-corrected chi connectivity index (χ3v) is 5.66. The Morgan fingerprint density at radius 1 is 1.27 bits per heavy atom. The Bertz CT molecular complexity index is 877. The first-order chi connectivity index (χ1) is 12.5. The van der Waals surface area contributed by atoms with Gasteiger partial charge in [0, 0.05) is 26.1 Å². The third-order valence-electron chi connectivity index (χ3n) is 5.66. The number of amides is 1. The van der Waals surface area contributed by atoms with Crippen LogP contribution in [-0.2, 0) is 30.2 Å². The van der Waals surface area contributed by atoms with Crippen molar-refractivity contribution in [1.29, 1.82) is 0 Å². The molecule has 2 heterocycles. The smallest absolute Gasteiger partial charge is 0.345 e. The number of nitrogens with zero attached hydrogens (tertiary/aromatic N) is 3. The summed E-state index contributed by atoms with van der Waals surface area (Å²) in [5, 5.41) is 7.52. The SMILES string of the molecule is COc1ccc(C2(C(=O)NC3CCc4nn(C)c(=O)n4CC3)CC2)cc1. The molecule has 1 unspecified atom stereocenters. The fraction of sp³-hybridized carbons (Fsp3) is 0.526. The van der Waals surface area contributed by atoms with E-state index < -0.39 is 5.41 Å². The summed E-state index contributed by atoms with van der Waals surface area (Å²) in [4.78, 5) is 25.0. The van der Waals surface area contributed by atoms with Gasteiger partial charge in [-0.05, 0) is 43.4 Å². The number of hydrogen-bond donors (Lipinski definition) is 1. The molecule has 138 valence electrons. The predicted octanol–water partition coefficient (Wildman–Crippen LogP) is 1.14. The Morgan fingerprint density at radius 2 is 2.00 bits per heavy atom. The molecule has 4 rings (SSSR count). The Hall–Kier alpha value is -2.57. The van der Waals surface area contributed by atoms with Gasteiger partial charge in [0.25, 0.3) is 0 Å². The molecule has 1 fully saturated rings. The second-order valence-corrected chi connectivity index (χ2v) is 7.28. The van der Waals surface area contributed by atoms with Crippen molar-refractivity contribution in [3.8, 4) is 5.75 Å². The number of hydrogen-bond acceptors (Lipinski definition) is 4. The zero-order valence-electron chi connectivity index (χ0n) is 15.2. The van der Waals surface area contributed by atoms with E-state index in [-0.39, 0.29) is 17.6 Å². The van der Waals surface area contributed by atoms with Gasteiger partial charge in [0.2, 0.25) is 5.91 Å². The molecule has 1 aromatic carbocycles. The van der Waals surface area contributed by atoms with E-state index in [0.717, 1.165) is 42.8 Å². The Kier molecular flexibility index (Phi) is 4.09. The highest BCUT2D eigenvalue weighted by molar-refractivity contribution is 5.91. The molecule has 2 aromatic rings. The van der Waals surface area contributed by atoms with Crippen LogP contribution < -0.4 is 15.7 Å². The van der Waals surface area contributed by atoms with Gasteiger partial charge in [-0.1, -0.05) is 12.1 Å². The molecular formula is C19H24N4O3. The first-order valence-corrected chi connectivity index (χ1v) is 9.12. The van der Waals surface area contributed by atoms with Gasteiger partial charge in [-0.3, -0.25) is 9.36 Å². The van der Waals surface area contributed by atoms with E-state index in [1.807, 2.05) is 24.3 Å². The summed E-state index contributed by atoms with van der Waals surface area (Å²) in [7, 11) is 3.31. The number of aryl methyl sites for hydroxylation is 2. The quantitative estimate of drug-likeness (QED) is 0.891. The molecule has 26 heavy (non-hydrogen) atoms. The summed E-state index contributed by atoms with van der Waals surface area (Å²) < 4.78 is 8.31. The van der Waals surface area contributed by atoms with Crippen molar-refractivity contribution < 1.29 is 9.53 Å². The predicted molar refractivity (Wildman–Crippen MR) is 96.2 cm³/mol. The number of aromatic nitrogens is 3. The van der Waals surface area contributed by atoms with Crippen molar-refractivity contribution in [1.82, 2.24) is 19.7 Å². The van der Waals surface area contributed by atoms with Gasteiger partial charge in [0.1, 0.15) is 11.6 Å². The molecule has 7 nitrogen and oxygen atoms in total. The lowest BCUT2D eigenvalue weighted by molar-refractivity contribution is -0.124. The van der Waals surface area contributed by atoms with Gasteiger partial charge < -0.3 is 10.1 Å². The van der Waals surface area contributed by atoms with Gasteiger partial charge >= 0.3 is 5.69 Å². The van der Waals surface area contributed by atoms with Gasteiger partial charge in [0.05, 0.1) is 12.5 Å². The molecule has 0 bridgehead atoms. The topological polar surface area (TPSA) is 78.2 Å². The van der Waals surface area contributed by atoms with Crippen LogP contribution in [0, 0.1) is 0 Å². The van der Waals surface area contributed by atoms with Gasteiger partial charge in [-0.2, -0.15) is 5.10 Å². The molecule has 1 saturated carbocycles. The van der Waals surface area contributed by atoms with Crippen LogP contribution >= 0.6 is 0 Å². The van der Waals surface area contributed by atoms with Crippen LogP contribution in [0.1, 0.15) is 37.1 Å². The zero-order valence-corrected chi connectivity index (χ0v) is 15.2. The number of benzene rings is 1. The molecule has 1 aromatic heterocycles. The normalized spacial score (nSPS) is 20.8. The van der Waals surface area contributed by atoms with E-state index in [2.05, 4.69) is 10.4 Å². The minimum absolute atomic E-state index is 0.0737. The molecule has 0 spiro atoms. The second kappa shape index (κ2) is 6.30. The van der Waals surface area contributed by atoms with Crippen molar-refractivity contribution in [3.63, 3.8) is 0 Å². The third kappa shape index (κ3) is 2.81. The highest BCUT2D eigenvalue weighted by Crippen LogP contribution is 2.48. The van der Waals surface area contributed by atoms with E-state index >= 15 is 0 Å². The molecule has 1 atom stereocenters. The summed E-state index contributed by atoms with van der Waals surface area (Å²) in [6, 6.07) is 7.85. The maximum atomic E-state index is 13.0. The molecule has 0 radical (unpaired) electrons. The number of carbonyl (C=O) groups excluding carboxylic acids is 1. The number of ether oxygens (including phenoxy) is 1. The van der Waals surface area contributed by atoms with Gasteiger partial charge in [-0.15, -0.1) is 0 Å². The largest absolute Gasteiger partial charge is 0.497 e. The number of fused-ring (bicyclic) bond motifs is 1. The van der Waals surface area contributed by atoms with Crippen molar-refractivity contribution in [3.05, 3.63) is 46.1 Å². The summed E-state index contributed by atoms with van der Waals surface area (Å²) in [6.07, 6.45) is 4.01. The molecule has 2 aliphatic rings. The molecule has 1 amide bonds. The molecule has 1 N–H and O–H groups in total. The summed E-state index contributed by atoms with van der Waals surface area (Å²) in [6.45, 7) is 0.600. The van der Waals surface area contributed by atoms with Crippen molar-refractivity contribution in [2.75, 3.05) is 7.11 Å². The van der Waals surface area contributed by atoms with Crippen LogP contribution in [0.15, 0.2) is 29.1 Å². The van der Waals surface area contributed by atoms with Gasteiger partial charge in [-0.25, -0.2) is 9.48 Å². The number of methoxy groups -OCH3 is 1. The van der Waals surface area contributed by atoms with E-state index in [0.29, 0.717) is 13.0 Å². The van der Waals surface area contributed by atoms with Crippen molar-refractivity contribution >= 4 is 5.91 Å². The highest BCUT2D eigenvalue weighted by Gasteiger charge is 2.51. The maximum absolute atomic E-state index is 13.0. The summed E-state index contributed by atoms with van der Waals surface area (Å²) in [5.74, 6) is 1.70. The molecular weight excluding hydrogens is 332 g/mol. The van der Waals surface area contributed by atoms with Crippen LogP contribution in [0.5, 0.6) is 5.75 Å². The van der Waals surface area contributed by atoms with Crippen LogP contribution in [0.3, 0.4) is 0 Å². The minimum atomic E-state index is -0.401. The molecule has 1 aliphatic carbocycles. The highest BCUT2D eigenvalue weighted by atomic mass is 16.5. The van der Waals surface area contributed by atoms with Gasteiger partial charge in [0.15, 0.2) is 0 Å². The van der Waals surface area contributed by atoms with Crippen molar-refractivity contribution in [2.24, 2.45) is 7.05 Å². The Morgan fingerprint density at radius 3 is 2.65 bits per heavy atom. The lowest BCUT2D eigenvalue weighted by atomic mass is 9.94. The first-order valence-electron chi connectivity index (χ1n) is 9.12. The maximum Gasteiger partial charge on any atom is 0.345 e. The van der Waals surface area contributed by atoms with E-state index in [4.69, 9.17) is 4.74 Å². The van der Waals surface area contributed by atoms with Crippen LogP contribution in [-0.4, -0.2) is 33.4 Å². The lowest BCUT2D eigenvalue weighted by Gasteiger charge is -2.21. The average molecular weight is 356 g/mol. The summed E-state index contributed by atoms with van der Waals surface area (Å²) in [5.41, 5.74) is 0.567. The van der Waals surface area contributed by atoms with E-state index in [1.165, 1.54) is 4.68 Å². The monoisotopic (exact) mass is 356 g/mol. The second-order valence-electron chi connectivity index (χ2n) is 7.28. The molecule has 0 saturated heterocycles. The fourth-order valence-electron chi connectivity index (χ4n) is 3.85. The fourth-order valence-corrected chi connectivity index (χ4v) is 3.85. The standard InChI is InChI=1S/C19H24N4O3/c1-22-18(25)23-12-9-14(5-8-16(23)21-22)20-17(24)19(10-11-19)13-3-6-15(26-2)7-4-13/h3-4,6-7,14H,5,8-12H2,1-2H3,(H,20,24). The molecule has 1 aliphatic heterocycles. The summed E-state index contributed by atoms with van der Waals surface area (Å²) >= 11 is 0. The Labute approximate surface area is 152 Å². The van der Waals surface area contributed by atoms with E-state index in [9.17, 15) is 9.59 Å². The van der Waals surface area contributed by atoms with Crippen LogP contribution in [0.25, 0.3) is 0 Å². The van der Waals surface area contributed by atoms with Crippen LogP contribution in [0.2, 0.25) is 0 Å². The average Bonchev–Trinajstić information content (AvgIpc) is 3.44. The van der Waals surface area contributed by atoms with Crippen molar-refractivity contribution in [2.45, 2.75) is 50.1 Å². The van der Waals surface area contributed by atoms with Crippen LogP contribution in [0.4, 0.5) is 0 Å². The lowest BCUT2D eigenvalue weighted by Crippen LogP contribution is -2.42. The number of nitrogens with one attached hydrogen (secondary N) is 1. The first kappa shape index (κ1) is 16.9. The van der Waals surface area contributed by atoms with E-state index in [1.54, 1.807) is 18.7 Å².